The Morgan fingerprint density at radius 3 is 0.710 bits per heavy atom. The molecule has 0 spiro atoms. The Kier molecular flexibility index (Phi) is 76.6. The van der Waals surface area contributed by atoms with Crippen molar-refractivity contribution in [2.45, 2.75) is 484 Å². The molecule has 0 amide bonds. The molecule has 0 bridgehead atoms. The molecule has 0 saturated carbocycles. The van der Waals surface area contributed by atoms with Gasteiger partial charge in [-0.2, -0.15) is 0 Å². The Labute approximate surface area is 658 Å². The Balaban J connectivity index is 5.25. The van der Waals surface area contributed by atoms with E-state index in [9.17, 15) is 43.2 Å². The van der Waals surface area contributed by atoms with Crippen LogP contribution in [0.25, 0.3) is 0 Å². The zero-order valence-electron chi connectivity index (χ0n) is 70.6. The van der Waals surface area contributed by atoms with Crippen LogP contribution in [0.5, 0.6) is 0 Å². The fraction of sp³-hybridized carbons (Fsp3) is 0.955. The van der Waals surface area contributed by atoms with Crippen molar-refractivity contribution in [3.63, 3.8) is 0 Å². The number of carbonyl (C=O) groups is 4. The van der Waals surface area contributed by atoms with Crippen molar-refractivity contribution in [2.24, 2.45) is 17.8 Å². The molecule has 0 rings (SSSR count). The normalized spacial score (nSPS) is 14.3. The van der Waals surface area contributed by atoms with E-state index in [1.807, 2.05) is 0 Å². The standard InChI is InChI=1S/C88H172O17P2/c1-8-11-12-13-14-15-16-17-28-34-43-50-57-64-71-87(92)105-84(76-99-86(91)70-63-56-49-42-37-36-38-45-52-59-66-79(4)5)78-103-107(96,97)101-74-82(89)73-100-106(94,95)102-77-83(75-98-85(90)69-62-55-48-41-33-29-25-24-27-32-40-47-54-61-68-81(7)10-3)104-88(93)72-65-58-51-44-35-30-23-21-19-18-20-22-26-31-39-46-53-60-67-80(6)9-2/h79-84,89H,8-78H2,1-7H3,(H,94,95)(H,96,97)/t80?,81?,82-,83-,84-/m1/s1. The number of unbranched alkanes of at least 4 members (excludes halogenated alkanes) is 52. The van der Waals surface area contributed by atoms with Crippen molar-refractivity contribution in [2.75, 3.05) is 39.6 Å². The van der Waals surface area contributed by atoms with Gasteiger partial charge in [-0.05, 0) is 43.4 Å². The number of hydrogen-bond donors (Lipinski definition) is 3. The highest BCUT2D eigenvalue weighted by molar-refractivity contribution is 7.47. The van der Waals surface area contributed by atoms with Gasteiger partial charge in [-0.15, -0.1) is 0 Å². The summed E-state index contributed by atoms with van der Waals surface area (Å²) in [4.78, 5) is 73.3. The first-order valence-electron chi connectivity index (χ1n) is 45.4. The van der Waals surface area contributed by atoms with Crippen LogP contribution in [0, 0.1) is 17.8 Å². The highest BCUT2D eigenvalue weighted by Gasteiger charge is 2.31. The van der Waals surface area contributed by atoms with Crippen molar-refractivity contribution in [1.29, 1.82) is 0 Å². The van der Waals surface area contributed by atoms with Gasteiger partial charge in [-0.1, -0.05) is 414 Å². The van der Waals surface area contributed by atoms with E-state index >= 15 is 0 Å². The fourth-order valence-electron chi connectivity index (χ4n) is 13.7. The molecule has 0 aromatic carbocycles. The van der Waals surface area contributed by atoms with Gasteiger partial charge in [-0.25, -0.2) is 9.13 Å². The van der Waals surface area contributed by atoms with Crippen LogP contribution in [0.2, 0.25) is 0 Å². The summed E-state index contributed by atoms with van der Waals surface area (Å²) in [5.74, 6) is 0.379. The molecular weight excluding hydrogens is 1390 g/mol. The van der Waals surface area contributed by atoms with Crippen molar-refractivity contribution >= 4 is 39.5 Å². The number of esters is 4. The molecule has 636 valence electrons. The molecule has 0 aromatic rings. The first-order valence-corrected chi connectivity index (χ1v) is 48.4. The van der Waals surface area contributed by atoms with Crippen LogP contribution < -0.4 is 0 Å². The summed E-state index contributed by atoms with van der Waals surface area (Å²) in [6.45, 7) is 12.1. The minimum atomic E-state index is -4.97. The molecular formula is C88H172O17P2. The molecule has 17 nitrogen and oxygen atoms in total. The Morgan fingerprint density at radius 1 is 0.271 bits per heavy atom. The van der Waals surface area contributed by atoms with Crippen LogP contribution in [-0.4, -0.2) is 96.7 Å². The number of rotatable bonds is 86. The lowest BCUT2D eigenvalue weighted by molar-refractivity contribution is -0.161. The van der Waals surface area contributed by atoms with Gasteiger partial charge in [0.25, 0.3) is 0 Å². The number of aliphatic hydroxyl groups excluding tert-OH is 1. The molecule has 0 saturated heterocycles. The van der Waals surface area contributed by atoms with Gasteiger partial charge in [0.2, 0.25) is 0 Å². The van der Waals surface area contributed by atoms with Crippen LogP contribution >= 0.6 is 15.6 Å². The van der Waals surface area contributed by atoms with Crippen molar-refractivity contribution in [3.8, 4) is 0 Å². The van der Waals surface area contributed by atoms with E-state index in [0.29, 0.717) is 25.7 Å². The molecule has 0 radical (unpaired) electrons. The van der Waals surface area contributed by atoms with Gasteiger partial charge in [0, 0.05) is 25.7 Å². The third kappa shape index (κ3) is 79.1. The van der Waals surface area contributed by atoms with Crippen molar-refractivity contribution < 1.29 is 80.2 Å². The predicted octanol–water partition coefficient (Wildman–Crippen LogP) is 26.9. The largest absolute Gasteiger partial charge is 0.472 e. The number of hydrogen-bond acceptors (Lipinski definition) is 15. The summed E-state index contributed by atoms with van der Waals surface area (Å²) >= 11 is 0. The lowest BCUT2D eigenvalue weighted by Crippen LogP contribution is -2.30. The van der Waals surface area contributed by atoms with Crippen LogP contribution in [0.15, 0.2) is 0 Å². The molecule has 3 N–H and O–H groups in total. The molecule has 107 heavy (non-hydrogen) atoms. The van der Waals surface area contributed by atoms with Gasteiger partial charge in [0.05, 0.1) is 26.4 Å². The van der Waals surface area contributed by atoms with Gasteiger partial charge >= 0.3 is 39.5 Å². The van der Waals surface area contributed by atoms with Crippen LogP contribution in [-0.2, 0) is 65.4 Å². The third-order valence-corrected chi connectivity index (χ3v) is 23.3. The topological polar surface area (TPSA) is 237 Å². The highest BCUT2D eigenvalue weighted by atomic mass is 31.2. The van der Waals surface area contributed by atoms with E-state index in [0.717, 1.165) is 108 Å². The van der Waals surface area contributed by atoms with Crippen molar-refractivity contribution in [3.05, 3.63) is 0 Å². The Bertz CT molecular complexity index is 2060. The van der Waals surface area contributed by atoms with Gasteiger partial charge in [0.15, 0.2) is 12.2 Å². The number of carbonyl (C=O) groups excluding carboxylic acids is 4. The molecule has 19 heteroatoms. The predicted molar refractivity (Wildman–Crippen MR) is 441 cm³/mol. The number of ether oxygens (including phenoxy) is 4. The van der Waals surface area contributed by atoms with Gasteiger partial charge in [0.1, 0.15) is 19.3 Å². The number of phosphoric ester groups is 2. The van der Waals surface area contributed by atoms with E-state index in [1.54, 1.807) is 0 Å². The smallest absolute Gasteiger partial charge is 0.462 e. The Hall–Kier alpha value is -1.94. The molecule has 0 fully saturated rings. The summed E-state index contributed by atoms with van der Waals surface area (Å²) < 4.78 is 69.0. The summed E-state index contributed by atoms with van der Waals surface area (Å²) in [6, 6.07) is 0. The lowest BCUT2D eigenvalue weighted by atomic mass is 9.99. The molecule has 0 aliphatic heterocycles. The van der Waals surface area contributed by atoms with E-state index in [4.69, 9.17) is 37.0 Å². The summed E-state index contributed by atoms with van der Waals surface area (Å²) in [7, 11) is -9.93. The second-order valence-corrected chi connectivity index (χ2v) is 35.5. The lowest BCUT2D eigenvalue weighted by Gasteiger charge is -2.21. The second-order valence-electron chi connectivity index (χ2n) is 32.6. The average molecular weight is 1560 g/mol. The average Bonchev–Trinajstić information content (AvgIpc) is 0.901. The van der Waals surface area contributed by atoms with Gasteiger partial charge in [-0.3, -0.25) is 37.3 Å². The van der Waals surface area contributed by atoms with Crippen LogP contribution in [0.4, 0.5) is 0 Å². The maximum Gasteiger partial charge on any atom is 0.472 e. The van der Waals surface area contributed by atoms with E-state index in [2.05, 4.69) is 48.5 Å². The molecule has 4 unspecified atom stereocenters. The Morgan fingerprint density at radius 2 is 0.477 bits per heavy atom. The maximum absolute atomic E-state index is 13.2. The molecule has 7 atom stereocenters. The van der Waals surface area contributed by atoms with E-state index in [-0.39, 0.29) is 25.7 Å². The fourth-order valence-corrected chi connectivity index (χ4v) is 15.2. The molecule has 0 aliphatic rings. The number of phosphoric acid groups is 2. The monoisotopic (exact) mass is 1560 g/mol. The zero-order valence-corrected chi connectivity index (χ0v) is 72.4. The zero-order chi connectivity index (χ0) is 78.6. The summed E-state index contributed by atoms with van der Waals surface area (Å²) in [5.41, 5.74) is 0. The quantitative estimate of drug-likeness (QED) is 0.0222. The third-order valence-electron chi connectivity index (χ3n) is 21.4. The SMILES string of the molecule is CCCCCCCCCCCCCCCCC(=O)O[C@H](COC(=O)CCCCCCCCCCCCC(C)C)COP(=O)(O)OC[C@H](O)COP(=O)(O)OC[C@@H](COC(=O)CCCCCCCCCCCCCCCCC(C)CC)OC(=O)CCCCCCCCCCCCCCCCCCCCC(C)CC. The van der Waals surface area contributed by atoms with E-state index < -0.39 is 97.5 Å². The van der Waals surface area contributed by atoms with Crippen molar-refractivity contribution in [1.82, 2.24) is 0 Å². The maximum atomic E-state index is 13.2. The molecule has 0 heterocycles. The second kappa shape index (κ2) is 78.0. The molecule has 0 aliphatic carbocycles. The summed E-state index contributed by atoms with van der Waals surface area (Å²) in [5, 5.41) is 10.7. The van der Waals surface area contributed by atoms with E-state index in [1.165, 1.54) is 276 Å². The van der Waals surface area contributed by atoms with Gasteiger partial charge < -0.3 is 33.8 Å². The van der Waals surface area contributed by atoms with Crippen LogP contribution in [0.1, 0.15) is 466 Å². The number of aliphatic hydroxyl groups is 1. The minimum Gasteiger partial charge on any atom is -0.462 e. The minimum absolute atomic E-state index is 0.108. The van der Waals surface area contributed by atoms with Crippen LogP contribution in [0.3, 0.4) is 0 Å². The first kappa shape index (κ1) is 105. The highest BCUT2D eigenvalue weighted by Crippen LogP contribution is 2.45. The molecule has 0 aromatic heterocycles. The first-order chi connectivity index (χ1) is 51.8. The summed E-state index contributed by atoms with van der Waals surface area (Å²) in [6.07, 6.45) is 69.2.